The number of carbonyl (C=O) groups is 1. The van der Waals surface area contributed by atoms with E-state index in [-0.39, 0.29) is 12.1 Å². The molecule has 18 heavy (non-hydrogen) atoms. The van der Waals surface area contributed by atoms with Gasteiger partial charge in [-0.15, -0.1) is 0 Å². The molecule has 0 heterocycles. The van der Waals surface area contributed by atoms with Crippen molar-refractivity contribution in [2.75, 3.05) is 0 Å². The minimum absolute atomic E-state index is 0.0615. The van der Waals surface area contributed by atoms with Gasteiger partial charge >= 0.3 is 6.09 Å². The molecule has 0 aromatic heterocycles. The molecule has 0 spiro atoms. The highest BCUT2D eigenvalue weighted by molar-refractivity contribution is 5.68. The second kappa shape index (κ2) is 8.17. The largest absolute Gasteiger partial charge is 0.444 e. The molecular formula is C15H29NO2. The zero-order valence-corrected chi connectivity index (χ0v) is 12.7. The van der Waals surface area contributed by atoms with Crippen molar-refractivity contribution in [2.24, 2.45) is 5.92 Å². The molecule has 0 fully saturated rings. The molecule has 0 aromatic carbocycles. The third-order valence-corrected chi connectivity index (χ3v) is 2.25. The highest BCUT2D eigenvalue weighted by Gasteiger charge is 2.18. The fourth-order valence-electron chi connectivity index (χ4n) is 1.58. The molecule has 0 radical (unpaired) electrons. The van der Waals surface area contributed by atoms with Crippen LogP contribution in [0.15, 0.2) is 12.2 Å². The molecule has 0 rings (SSSR count). The number of amides is 1. The van der Waals surface area contributed by atoms with E-state index in [1.54, 1.807) is 0 Å². The number of nitrogens with one attached hydrogen (secondary N) is 1. The number of carbonyl (C=O) groups excluding carboxylic acids is 1. The topological polar surface area (TPSA) is 38.3 Å². The summed E-state index contributed by atoms with van der Waals surface area (Å²) >= 11 is 0. The van der Waals surface area contributed by atoms with Crippen LogP contribution >= 0.6 is 0 Å². The predicted octanol–water partition coefficient (Wildman–Crippen LogP) is 4.28. The Morgan fingerprint density at radius 3 is 2.39 bits per heavy atom. The van der Waals surface area contributed by atoms with Crippen molar-refractivity contribution >= 4 is 6.09 Å². The van der Waals surface area contributed by atoms with Crippen molar-refractivity contribution in [3.8, 4) is 0 Å². The van der Waals surface area contributed by atoms with Gasteiger partial charge in [-0.05, 0) is 39.5 Å². The molecule has 0 saturated heterocycles. The van der Waals surface area contributed by atoms with E-state index in [9.17, 15) is 4.79 Å². The maximum atomic E-state index is 11.7. The van der Waals surface area contributed by atoms with Crippen LogP contribution in [0.5, 0.6) is 0 Å². The van der Waals surface area contributed by atoms with Crippen LogP contribution in [0.4, 0.5) is 4.79 Å². The van der Waals surface area contributed by atoms with E-state index in [2.05, 4.69) is 38.2 Å². The summed E-state index contributed by atoms with van der Waals surface area (Å²) < 4.78 is 5.27. The number of unbranched alkanes of at least 4 members (excludes halogenated alkanes) is 1. The summed E-state index contributed by atoms with van der Waals surface area (Å²) in [5.41, 5.74) is -0.445. The highest BCUT2D eigenvalue weighted by atomic mass is 16.6. The fourth-order valence-corrected chi connectivity index (χ4v) is 1.58. The molecule has 0 aliphatic rings. The second-order valence-corrected chi connectivity index (χ2v) is 6.10. The lowest BCUT2D eigenvalue weighted by Gasteiger charge is -2.23. The average Bonchev–Trinajstić information content (AvgIpc) is 2.13. The summed E-state index contributed by atoms with van der Waals surface area (Å²) in [6.45, 7) is 12.1. The molecular weight excluding hydrogens is 226 g/mol. The van der Waals surface area contributed by atoms with Gasteiger partial charge in [-0.25, -0.2) is 4.79 Å². The molecule has 1 N–H and O–H groups in total. The number of hydrogen-bond donors (Lipinski definition) is 1. The van der Waals surface area contributed by atoms with Crippen molar-refractivity contribution in [3.63, 3.8) is 0 Å². The van der Waals surface area contributed by atoms with Crippen LogP contribution in [-0.4, -0.2) is 17.7 Å². The van der Waals surface area contributed by atoms with E-state index in [0.717, 1.165) is 19.3 Å². The van der Waals surface area contributed by atoms with Gasteiger partial charge in [0, 0.05) is 0 Å². The number of hydrogen-bond acceptors (Lipinski definition) is 2. The molecule has 1 amide bonds. The zero-order valence-electron chi connectivity index (χ0n) is 12.7. The first-order valence-corrected chi connectivity index (χ1v) is 6.90. The van der Waals surface area contributed by atoms with Gasteiger partial charge in [-0.1, -0.05) is 39.3 Å². The lowest BCUT2D eigenvalue weighted by Crippen LogP contribution is -2.38. The van der Waals surface area contributed by atoms with Gasteiger partial charge in [0.1, 0.15) is 5.60 Å². The monoisotopic (exact) mass is 255 g/mol. The third-order valence-electron chi connectivity index (χ3n) is 2.25. The second-order valence-electron chi connectivity index (χ2n) is 6.10. The van der Waals surface area contributed by atoms with Gasteiger partial charge in [0.05, 0.1) is 6.04 Å². The highest BCUT2D eigenvalue weighted by Crippen LogP contribution is 2.10. The number of rotatable bonds is 6. The summed E-state index contributed by atoms with van der Waals surface area (Å²) in [7, 11) is 0. The Morgan fingerprint density at radius 1 is 1.33 bits per heavy atom. The molecule has 0 bridgehead atoms. The molecule has 1 atom stereocenters. The van der Waals surface area contributed by atoms with Gasteiger partial charge in [0.2, 0.25) is 0 Å². The van der Waals surface area contributed by atoms with Crippen LogP contribution < -0.4 is 5.32 Å². The Bertz CT molecular complexity index is 264. The van der Waals surface area contributed by atoms with Crippen LogP contribution in [0.25, 0.3) is 0 Å². The Hall–Kier alpha value is -0.990. The van der Waals surface area contributed by atoms with E-state index in [4.69, 9.17) is 4.74 Å². The van der Waals surface area contributed by atoms with Crippen molar-refractivity contribution in [1.29, 1.82) is 0 Å². The maximum absolute atomic E-state index is 11.7. The minimum atomic E-state index is -0.445. The number of alkyl carbamates (subject to hydrolysis) is 1. The number of ether oxygens (including phenoxy) is 1. The quantitative estimate of drug-likeness (QED) is 0.719. The first-order chi connectivity index (χ1) is 8.24. The summed E-state index contributed by atoms with van der Waals surface area (Å²) in [5.74, 6) is 0.538. The zero-order chi connectivity index (χ0) is 14.2. The Morgan fingerprint density at radius 2 is 1.94 bits per heavy atom. The minimum Gasteiger partial charge on any atom is -0.444 e. The molecule has 106 valence electrons. The lowest BCUT2D eigenvalue weighted by molar-refractivity contribution is 0.0510. The third kappa shape index (κ3) is 10.2. The molecule has 0 aliphatic heterocycles. The fraction of sp³-hybridized carbons (Fsp3) is 0.800. The van der Waals surface area contributed by atoms with E-state index in [0.29, 0.717) is 5.92 Å². The van der Waals surface area contributed by atoms with Gasteiger partial charge in [0.15, 0.2) is 0 Å². The molecule has 0 unspecified atom stereocenters. The summed E-state index contributed by atoms with van der Waals surface area (Å²) in [4.78, 5) is 11.7. The van der Waals surface area contributed by atoms with Crippen LogP contribution in [0.3, 0.4) is 0 Å². The standard InChI is InChI=1S/C15H29NO2/c1-7-8-9-10-13(11-12(2)3)16-14(17)18-15(4,5)6/h9-10,12-13H,7-8,11H2,1-6H3,(H,16,17)/b10-9-/t13-/m0/s1. The van der Waals surface area contributed by atoms with Crippen LogP contribution in [0.2, 0.25) is 0 Å². The summed E-state index contributed by atoms with van der Waals surface area (Å²) in [5, 5.41) is 2.92. The van der Waals surface area contributed by atoms with E-state index >= 15 is 0 Å². The summed E-state index contributed by atoms with van der Waals surface area (Å²) in [6.07, 6.45) is 6.97. The molecule has 3 nitrogen and oxygen atoms in total. The summed E-state index contributed by atoms with van der Waals surface area (Å²) in [6, 6.07) is 0.0615. The van der Waals surface area contributed by atoms with Crippen molar-refractivity contribution in [3.05, 3.63) is 12.2 Å². The Labute approximate surface area is 112 Å². The Kier molecular flexibility index (Phi) is 7.72. The van der Waals surface area contributed by atoms with Crippen LogP contribution in [0.1, 0.15) is 60.8 Å². The van der Waals surface area contributed by atoms with E-state index in [1.165, 1.54) is 0 Å². The average molecular weight is 255 g/mol. The molecule has 0 saturated carbocycles. The van der Waals surface area contributed by atoms with Crippen molar-refractivity contribution in [1.82, 2.24) is 5.32 Å². The van der Waals surface area contributed by atoms with Crippen molar-refractivity contribution in [2.45, 2.75) is 72.4 Å². The molecule has 3 heteroatoms. The van der Waals surface area contributed by atoms with Gasteiger partial charge in [-0.3, -0.25) is 0 Å². The smallest absolute Gasteiger partial charge is 0.408 e. The van der Waals surface area contributed by atoms with Gasteiger partial charge < -0.3 is 10.1 Å². The normalized spacial score (nSPS) is 13.9. The van der Waals surface area contributed by atoms with E-state index in [1.807, 2.05) is 20.8 Å². The molecule has 0 aliphatic carbocycles. The van der Waals surface area contributed by atoms with Crippen LogP contribution in [-0.2, 0) is 4.74 Å². The van der Waals surface area contributed by atoms with Gasteiger partial charge in [-0.2, -0.15) is 0 Å². The maximum Gasteiger partial charge on any atom is 0.408 e. The first-order valence-electron chi connectivity index (χ1n) is 6.90. The first kappa shape index (κ1) is 17.0. The van der Waals surface area contributed by atoms with E-state index < -0.39 is 5.60 Å². The Balaban J connectivity index is 4.35. The molecule has 0 aromatic rings. The SMILES string of the molecule is CCC/C=C\[C@@H](CC(C)C)NC(=O)OC(C)(C)C. The van der Waals surface area contributed by atoms with Crippen molar-refractivity contribution < 1.29 is 9.53 Å². The van der Waals surface area contributed by atoms with Crippen LogP contribution in [0, 0.1) is 5.92 Å². The predicted molar refractivity (Wildman–Crippen MR) is 76.7 cm³/mol. The number of allylic oxidation sites excluding steroid dienone is 1. The van der Waals surface area contributed by atoms with Gasteiger partial charge in [0.25, 0.3) is 0 Å². The lowest BCUT2D eigenvalue weighted by atomic mass is 10.0.